The first-order chi connectivity index (χ1) is 5.90. The van der Waals surface area contributed by atoms with Crippen LogP contribution in [0.3, 0.4) is 0 Å². The highest BCUT2D eigenvalue weighted by molar-refractivity contribution is 6.57. The zero-order chi connectivity index (χ0) is 10.1. The molecule has 0 aliphatic rings. The zero-order valence-corrected chi connectivity index (χ0v) is 7.41. The van der Waals surface area contributed by atoms with E-state index in [9.17, 15) is 12.9 Å². The third-order valence-corrected chi connectivity index (χ3v) is 1.55. The van der Waals surface area contributed by atoms with Crippen molar-refractivity contribution in [2.24, 2.45) is 0 Å². The molecule has 0 atom stereocenters. The van der Waals surface area contributed by atoms with Gasteiger partial charge in [-0.25, -0.2) is 4.98 Å². The summed E-state index contributed by atoms with van der Waals surface area (Å²) < 4.78 is 37.4. The van der Waals surface area contributed by atoms with Gasteiger partial charge in [-0.1, -0.05) is 0 Å². The summed E-state index contributed by atoms with van der Waals surface area (Å²) in [5.74, 6) is -0.0116. The van der Waals surface area contributed by atoms with Gasteiger partial charge in [0.25, 0.3) is 0 Å². The molecule has 13 heavy (non-hydrogen) atoms. The van der Waals surface area contributed by atoms with E-state index in [0.717, 1.165) is 6.33 Å². The second kappa shape index (κ2) is 3.39. The molecule has 0 aromatic carbocycles. The Morgan fingerprint density at radius 2 is 2.08 bits per heavy atom. The van der Waals surface area contributed by atoms with Gasteiger partial charge in [-0.2, -0.15) is 5.10 Å². The van der Waals surface area contributed by atoms with Crippen molar-refractivity contribution in [1.29, 1.82) is 0 Å². The number of aromatic nitrogens is 3. The first-order valence-corrected chi connectivity index (χ1v) is 3.99. The molecule has 1 rings (SSSR count). The monoisotopic (exact) mass is 192 g/mol. The van der Waals surface area contributed by atoms with Crippen LogP contribution in [0.2, 0.25) is 0 Å². The van der Waals surface area contributed by atoms with Crippen molar-refractivity contribution >= 4 is 6.98 Å². The molecule has 0 spiro atoms. The van der Waals surface area contributed by atoms with Crippen molar-refractivity contribution in [2.45, 2.75) is 26.2 Å². The van der Waals surface area contributed by atoms with E-state index in [4.69, 9.17) is 0 Å². The van der Waals surface area contributed by atoms with Crippen LogP contribution in [0.4, 0.5) is 12.9 Å². The molecule has 0 saturated carbocycles. The Balaban J connectivity index is 2.83. The largest absolute Gasteiger partial charge is 0.485 e. The van der Waals surface area contributed by atoms with E-state index < -0.39 is 13.3 Å². The molecule has 74 valence electrons. The molecule has 0 radical (unpaired) electrons. The lowest BCUT2D eigenvalue weighted by molar-refractivity contribution is 0.450. The number of rotatable bonds is 3. The summed E-state index contributed by atoms with van der Waals surface area (Å²) >= 11 is 0. The standard InChI is InChI=1S/C6H10BF3N3/c1-5(2)13-6(11-4-12-13)3-7(8,9)10/h4-5H,3H2,1-2H3/q-1. The Morgan fingerprint density at radius 1 is 1.46 bits per heavy atom. The second-order valence-corrected chi connectivity index (χ2v) is 3.13. The Morgan fingerprint density at radius 3 is 2.54 bits per heavy atom. The number of nitrogens with zero attached hydrogens (tertiary/aromatic N) is 3. The lowest BCUT2D eigenvalue weighted by Gasteiger charge is -2.15. The normalized spacial score (nSPS) is 12.5. The summed E-state index contributed by atoms with van der Waals surface area (Å²) in [7, 11) is 0. The fraction of sp³-hybridized carbons (Fsp3) is 0.667. The van der Waals surface area contributed by atoms with Crippen molar-refractivity contribution in [1.82, 2.24) is 14.8 Å². The third kappa shape index (κ3) is 2.75. The summed E-state index contributed by atoms with van der Waals surface area (Å²) in [6.45, 7) is -1.29. The van der Waals surface area contributed by atoms with Crippen molar-refractivity contribution in [3.05, 3.63) is 12.2 Å². The molecule has 0 amide bonds. The van der Waals surface area contributed by atoms with Gasteiger partial charge < -0.3 is 12.9 Å². The average Bonchev–Trinajstić information content (AvgIpc) is 2.31. The summed E-state index contributed by atoms with van der Waals surface area (Å²) in [5, 5.41) is 3.72. The summed E-state index contributed by atoms with van der Waals surface area (Å²) in [4.78, 5) is 3.57. The SMILES string of the molecule is CC(C)n1ncnc1C[B-](F)(F)F. The van der Waals surface area contributed by atoms with E-state index >= 15 is 0 Å². The lowest BCUT2D eigenvalue weighted by atomic mass is 9.86. The van der Waals surface area contributed by atoms with Crippen LogP contribution in [0.5, 0.6) is 0 Å². The highest BCUT2D eigenvalue weighted by Crippen LogP contribution is 2.16. The van der Waals surface area contributed by atoms with Gasteiger partial charge in [-0.05, 0) is 20.2 Å². The molecule has 1 aromatic rings. The summed E-state index contributed by atoms with van der Waals surface area (Å²) in [6, 6.07) is -0.0874. The molecule has 0 N–H and O–H groups in total. The lowest BCUT2D eigenvalue weighted by Crippen LogP contribution is -2.23. The number of hydrogen-bond acceptors (Lipinski definition) is 2. The van der Waals surface area contributed by atoms with Crippen LogP contribution in [0.15, 0.2) is 6.33 Å². The van der Waals surface area contributed by atoms with Crippen molar-refractivity contribution in [2.75, 3.05) is 0 Å². The van der Waals surface area contributed by atoms with E-state index in [1.165, 1.54) is 4.68 Å². The van der Waals surface area contributed by atoms with Crippen molar-refractivity contribution in [3.63, 3.8) is 0 Å². The van der Waals surface area contributed by atoms with E-state index in [0.29, 0.717) is 0 Å². The second-order valence-electron chi connectivity index (χ2n) is 3.13. The molecule has 0 unspecified atom stereocenters. The van der Waals surface area contributed by atoms with Gasteiger partial charge in [-0.15, -0.1) is 0 Å². The van der Waals surface area contributed by atoms with Crippen LogP contribution < -0.4 is 0 Å². The van der Waals surface area contributed by atoms with Gasteiger partial charge in [0.2, 0.25) is 0 Å². The Bertz CT molecular complexity index is 281. The molecule has 3 nitrogen and oxygen atoms in total. The van der Waals surface area contributed by atoms with Crippen LogP contribution in [-0.4, -0.2) is 21.7 Å². The fourth-order valence-corrected chi connectivity index (χ4v) is 1.06. The molecule has 0 aliphatic carbocycles. The highest BCUT2D eigenvalue weighted by Gasteiger charge is 2.26. The Hall–Kier alpha value is -1.01. The maximum atomic E-state index is 12.0. The van der Waals surface area contributed by atoms with Crippen LogP contribution >= 0.6 is 0 Å². The maximum Gasteiger partial charge on any atom is 0.485 e. The van der Waals surface area contributed by atoms with Crippen LogP contribution in [0.1, 0.15) is 25.7 Å². The van der Waals surface area contributed by atoms with Gasteiger partial charge in [0.05, 0.1) is 0 Å². The Kier molecular flexibility index (Phi) is 2.63. The predicted octanol–water partition coefficient (Wildman–Crippen LogP) is 1.79. The van der Waals surface area contributed by atoms with Gasteiger partial charge in [0.1, 0.15) is 12.2 Å². The van der Waals surface area contributed by atoms with Gasteiger partial charge >= 0.3 is 6.98 Å². The molecule has 1 heterocycles. The van der Waals surface area contributed by atoms with Gasteiger partial charge in [0.15, 0.2) is 0 Å². The van der Waals surface area contributed by atoms with E-state index in [1.54, 1.807) is 13.8 Å². The summed E-state index contributed by atoms with van der Waals surface area (Å²) in [5.41, 5.74) is 0. The van der Waals surface area contributed by atoms with Crippen LogP contribution in [0.25, 0.3) is 0 Å². The first kappa shape index (κ1) is 10.1. The van der Waals surface area contributed by atoms with E-state index in [1.807, 2.05) is 0 Å². The van der Waals surface area contributed by atoms with Gasteiger partial charge in [0, 0.05) is 6.04 Å². The van der Waals surface area contributed by atoms with Crippen molar-refractivity contribution < 1.29 is 12.9 Å². The van der Waals surface area contributed by atoms with Crippen LogP contribution in [0, 0.1) is 0 Å². The fourth-order valence-electron chi connectivity index (χ4n) is 1.06. The molecular formula is C6H10BF3N3-. The Labute approximate surface area is 74.0 Å². The molecule has 1 aromatic heterocycles. The summed E-state index contributed by atoms with van der Waals surface area (Å²) in [6.07, 6.45) is 0.190. The number of halogens is 3. The average molecular weight is 192 g/mol. The van der Waals surface area contributed by atoms with E-state index in [2.05, 4.69) is 10.1 Å². The number of hydrogen-bond donors (Lipinski definition) is 0. The molecule has 0 bridgehead atoms. The van der Waals surface area contributed by atoms with Gasteiger partial charge in [-0.3, -0.25) is 4.68 Å². The zero-order valence-electron chi connectivity index (χ0n) is 7.41. The third-order valence-electron chi connectivity index (χ3n) is 1.55. The molecule has 0 fully saturated rings. The molecule has 0 aliphatic heterocycles. The minimum Gasteiger partial charge on any atom is -0.449 e. The quantitative estimate of drug-likeness (QED) is 0.683. The molecule has 0 saturated heterocycles. The smallest absolute Gasteiger partial charge is 0.449 e. The topological polar surface area (TPSA) is 30.7 Å². The first-order valence-electron chi connectivity index (χ1n) is 3.99. The van der Waals surface area contributed by atoms with Crippen LogP contribution in [-0.2, 0) is 6.32 Å². The maximum absolute atomic E-state index is 12.0. The highest BCUT2D eigenvalue weighted by atomic mass is 19.4. The van der Waals surface area contributed by atoms with E-state index in [-0.39, 0.29) is 11.9 Å². The molecule has 7 heteroatoms. The minimum absolute atomic E-state index is 0.0116. The minimum atomic E-state index is -4.83. The van der Waals surface area contributed by atoms with Crippen molar-refractivity contribution in [3.8, 4) is 0 Å². The molecular weight excluding hydrogens is 182 g/mol. The predicted molar refractivity (Wildman–Crippen MR) is 43.2 cm³/mol.